The summed E-state index contributed by atoms with van der Waals surface area (Å²) in [6.07, 6.45) is -14.9. The molecule has 4 heterocycles. The molecule has 4 aliphatic heterocycles. The molecule has 0 aromatic rings. The molecule has 16 atom stereocenters. The smallest absolute Gasteiger partial charge is 0.187 e. The second kappa shape index (κ2) is 17.6. The maximum atomic E-state index is 11.1. The number of aliphatic hydroxyl groups excluding tert-OH is 9. The summed E-state index contributed by atoms with van der Waals surface area (Å²) in [5.41, 5.74) is 0. The molecule has 0 saturated carbocycles. The third kappa shape index (κ3) is 9.07. The van der Waals surface area contributed by atoms with Gasteiger partial charge in [0.1, 0.15) is 73.2 Å². The predicted octanol–water partition coefficient (Wildman–Crippen LogP) is -3.81. The average molecular weight is 659 g/mol. The van der Waals surface area contributed by atoms with E-state index in [1.165, 1.54) is 6.42 Å². The summed E-state index contributed by atoms with van der Waals surface area (Å²) in [7, 11) is 0. The number of ether oxygens (including phenoxy) is 8. The van der Waals surface area contributed by atoms with E-state index in [4.69, 9.17) is 37.9 Å². The number of hydrogen-bond acceptors (Lipinski definition) is 17. The van der Waals surface area contributed by atoms with Crippen LogP contribution in [0.5, 0.6) is 0 Å². The van der Waals surface area contributed by atoms with Gasteiger partial charge in [-0.2, -0.15) is 0 Å². The second-order valence-corrected chi connectivity index (χ2v) is 11.9. The lowest BCUT2D eigenvalue weighted by molar-refractivity contribution is -0.228. The zero-order chi connectivity index (χ0) is 32.7. The Labute approximate surface area is 261 Å². The highest BCUT2D eigenvalue weighted by Gasteiger charge is 2.53. The Morgan fingerprint density at radius 3 is 1.51 bits per heavy atom. The molecular weight excluding hydrogens is 608 g/mol. The first kappa shape index (κ1) is 37.1. The highest BCUT2D eigenvalue weighted by molar-refractivity contribution is 4.94. The fraction of sp³-hybridized carbons (Fsp3) is 1.00. The molecule has 0 spiro atoms. The minimum absolute atomic E-state index is 0.334. The largest absolute Gasteiger partial charge is 0.394 e. The van der Waals surface area contributed by atoms with E-state index in [1.807, 2.05) is 0 Å². The lowest BCUT2D eigenvalue weighted by Crippen LogP contribution is -2.44. The van der Waals surface area contributed by atoms with Gasteiger partial charge in [0.2, 0.25) is 0 Å². The SMILES string of the molecule is CCCCCCCCO[C@H]1O[C@H](CO[C@H]2O[C@H](CO[C@H]3O[C@H](CO)[C@@H](O)[C@@H]3O)[C@@H](O[C@H]3O[C@H](CO)[C@@H](O)[C@@H]3O)[C@@H]2O)[C@@H](O)[C@@H]1O. The van der Waals surface area contributed by atoms with E-state index in [2.05, 4.69) is 6.92 Å². The summed E-state index contributed by atoms with van der Waals surface area (Å²) in [6, 6.07) is 0. The Morgan fingerprint density at radius 2 is 0.911 bits per heavy atom. The van der Waals surface area contributed by atoms with Crippen LogP contribution in [0, 0.1) is 0 Å². The highest BCUT2D eigenvalue weighted by atomic mass is 16.8. The van der Waals surface area contributed by atoms with Crippen LogP contribution in [0.15, 0.2) is 0 Å². The highest BCUT2D eigenvalue weighted by Crippen LogP contribution is 2.33. The van der Waals surface area contributed by atoms with Gasteiger partial charge in [-0.3, -0.25) is 0 Å². The van der Waals surface area contributed by atoms with Gasteiger partial charge in [-0.1, -0.05) is 39.0 Å². The molecule has 0 aromatic carbocycles. The first-order chi connectivity index (χ1) is 21.6. The fourth-order valence-electron chi connectivity index (χ4n) is 5.73. The maximum absolute atomic E-state index is 11.1. The quantitative estimate of drug-likeness (QED) is 0.0640. The molecule has 0 amide bonds. The first-order valence-electron chi connectivity index (χ1n) is 15.7. The van der Waals surface area contributed by atoms with Crippen LogP contribution in [0.25, 0.3) is 0 Å². The molecule has 17 nitrogen and oxygen atoms in total. The molecule has 0 aliphatic carbocycles. The molecule has 0 unspecified atom stereocenters. The Bertz CT molecular complexity index is 856. The standard InChI is InChI=1S/C28H50O17/c1-2-3-4-5-6-7-8-38-25-21(35)19(33)15(43-25)11-39-27-23(37)24(45-28-22(36)18(32)14(10-30)42-28)16(44-27)12-40-26-20(34)17(31)13(9-29)41-26/h13-37H,2-12H2,1H3/t13-,14-,15-,16-,17-,18-,19-,20+,21+,22+,23+,24-,25+,26+,27+,28-/m1/s1. The fourth-order valence-corrected chi connectivity index (χ4v) is 5.73. The predicted molar refractivity (Wildman–Crippen MR) is 147 cm³/mol. The molecule has 4 saturated heterocycles. The van der Waals surface area contributed by atoms with Crippen molar-refractivity contribution in [3.63, 3.8) is 0 Å². The molecule has 0 radical (unpaired) electrons. The minimum atomic E-state index is -1.58. The van der Waals surface area contributed by atoms with E-state index in [0.717, 1.165) is 32.1 Å². The number of hydrogen-bond donors (Lipinski definition) is 9. The van der Waals surface area contributed by atoms with Crippen molar-refractivity contribution < 1.29 is 83.9 Å². The van der Waals surface area contributed by atoms with Crippen molar-refractivity contribution in [3.05, 3.63) is 0 Å². The maximum Gasteiger partial charge on any atom is 0.187 e. The number of aliphatic hydroxyl groups is 9. The number of unbranched alkanes of at least 4 members (excludes halogenated alkanes) is 5. The van der Waals surface area contributed by atoms with Gasteiger partial charge in [-0.15, -0.1) is 0 Å². The Balaban J connectivity index is 1.32. The van der Waals surface area contributed by atoms with E-state index in [0.29, 0.717) is 6.61 Å². The van der Waals surface area contributed by atoms with Crippen LogP contribution < -0.4 is 0 Å². The molecule has 45 heavy (non-hydrogen) atoms. The molecule has 4 aliphatic rings. The summed E-state index contributed by atoms with van der Waals surface area (Å²) in [4.78, 5) is 0. The van der Waals surface area contributed by atoms with Gasteiger partial charge < -0.3 is 83.9 Å². The van der Waals surface area contributed by atoms with Crippen LogP contribution in [0.1, 0.15) is 45.4 Å². The Hall–Kier alpha value is -0.680. The van der Waals surface area contributed by atoms with Gasteiger partial charge in [-0.25, -0.2) is 0 Å². The molecule has 264 valence electrons. The Morgan fingerprint density at radius 1 is 0.467 bits per heavy atom. The lowest BCUT2D eigenvalue weighted by atomic mass is 10.1. The van der Waals surface area contributed by atoms with Gasteiger partial charge in [0.05, 0.1) is 26.4 Å². The zero-order valence-corrected chi connectivity index (χ0v) is 25.3. The second-order valence-electron chi connectivity index (χ2n) is 11.9. The van der Waals surface area contributed by atoms with E-state index in [1.54, 1.807) is 0 Å². The van der Waals surface area contributed by atoms with E-state index in [9.17, 15) is 46.0 Å². The van der Waals surface area contributed by atoms with Crippen LogP contribution in [-0.2, 0) is 37.9 Å². The van der Waals surface area contributed by atoms with Gasteiger partial charge in [0.15, 0.2) is 25.2 Å². The molecule has 17 heteroatoms. The van der Waals surface area contributed by atoms with Crippen LogP contribution in [0.3, 0.4) is 0 Å². The third-order valence-corrected chi connectivity index (χ3v) is 8.53. The van der Waals surface area contributed by atoms with Crippen molar-refractivity contribution in [1.29, 1.82) is 0 Å². The summed E-state index contributed by atoms with van der Waals surface area (Å²) in [5.74, 6) is 0. The number of rotatable bonds is 18. The first-order valence-corrected chi connectivity index (χ1v) is 15.7. The molecule has 9 N–H and O–H groups in total. The van der Waals surface area contributed by atoms with Gasteiger partial charge >= 0.3 is 0 Å². The monoisotopic (exact) mass is 658 g/mol. The summed E-state index contributed by atoms with van der Waals surface area (Å²) in [6.45, 7) is 0.569. The lowest BCUT2D eigenvalue weighted by Gasteiger charge is -2.26. The average Bonchev–Trinajstić information content (AvgIpc) is 3.68. The molecule has 4 rings (SSSR count). The summed E-state index contributed by atoms with van der Waals surface area (Å²) >= 11 is 0. The van der Waals surface area contributed by atoms with E-state index in [-0.39, 0.29) is 6.61 Å². The summed E-state index contributed by atoms with van der Waals surface area (Å²) < 4.78 is 44.8. The van der Waals surface area contributed by atoms with Crippen molar-refractivity contribution in [1.82, 2.24) is 0 Å². The van der Waals surface area contributed by atoms with Crippen molar-refractivity contribution in [2.45, 2.75) is 144 Å². The van der Waals surface area contributed by atoms with Gasteiger partial charge in [-0.05, 0) is 6.42 Å². The van der Waals surface area contributed by atoms with Crippen LogP contribution >= 0.6 is 0 Å². The van der Waals surface area contributed by atoms with Crippen molar-refractivity contribution in [2.75, 3.05) is 33.0 Å². The molecule has 0 aromatic heterocycles. The topological polar surface area (TPSA) is 256 Å². The van der Waals surface area contributed by atoms with Crippen molar-refractivity contribution in [2.24, 2.45) is 0 Å². The van der Waals surface area contributed by atoms with Crippen LogP contribution in [-0.4, -0.2) is 177 Å². The molecule has 4 fully saturated rings. The van der Waals surface area contributed by atoms with E-state index >= 15 is 0 Å². The normalized spacial score (nSPS) is 45.2. The van der Waals surface area contributed by atoms with Crippen molar-refractivity contribution in [3.8, 4) is 0 Å². The summed E-state index contributed by atoms with van der Waals surface area (Å²) in [5, 5.41) is 91.4. The zero-order valence-electron chi connectivity index (χ0n) is 25.3. The third-order valence-electron chi connectivity index (χ3n) is 8.53. The van der Waals surface area contributed by atoms with Crippen molar-refractivity contribution >= 4 is 0 Å². The minimum Gasteiger partial charge on any atom is -0.394 e. The Kier molecular flexibility index (Phi) is 14.6. The van der Waals surface area contributed by atoms with Gasteiger partial charge in [0, 0.05) is 6.61 Å². The molecular formula is C28H50O17. The molecule has 0 bridgehead atoms. The van der Waals surface area contributed by atoms with Crippen LogP contribution in [0.2, 0.25) is 0 Å². The van der Waals surface area contributed by atoms with Crippen LogP contribution in [0.4, 0.5) is 0 Å². The van der Waals surface area contributed by atoms with E-state index < -0.39 is 118 Å². The van der Waals surface area contributed by atoms with Gasteiger partial charge in [0.25, 0.3) is 0 Å².